The third-order valence-electron chi connectivity index (χ3n) is 12.2. The van der Waals surface area contributed by atoms with Crippen LogP contribution in [0.4, 0.5) is 5.69 Å². The summed E-state index contributed by atoms with van der Waals surface area (Å²) in [6, 6.07) is 15.0. The summed E-state index contributed by atoms with van der Waals surface area (Å²) >= 11 is 0. The lowest BCUT2D eigenvalue weighted by atomic mass is 10.0. The van der Waals surface area contributed by atoms with E-state index in [0.29, 0.717) is 39.3 Å². The number of anilines is 1. The molecule has 0 bridgehead atoms. The summed E-state index contributed by atoms with van der Waals surface area (Å²) in [5.74, 6) is -3.85. The summed E-state index contributed by atoms with van der Waals surface area (Å²) < 4.78 is 50.8. The number of imide groups is 2. The molecule has 0 aromatic heterocycles. The van der Waals surface area contributed by atoms with Gasteiger partial charge in [0.15, 0.2) is 0 Å². The molecule has 3 N–H and O–H groups in total. The van der Waals surface area contributed by atoms with Gasteiger partial charge in [-0.05, 0) is 80.8 Å². The summed E-state index contributed by atoms with van der Waals surface area (Å²) in [5.41, 5.74) is 3.47. The molecular weight excluding hydrogens is 957 g/mol. The number of carbonyl (C=O) groups is 8. The number of sulfonamides is 2. The molecule has 7 aliphatic heterocycles. The van der Waals surface area contributed by atoms with E-state index in [1.54, 1.807) is 23.1 Å². The molecule has 0 saturated carbocycles. The Labute approximate surface area is 414 Å². The zero-order valence-corrected chi connectivity index (χ0v) is 42.7. The molecule has 8 amide bonds. The number of piperazine rings is 1. The van der Waals surface area contributed by atoms with Crippen molar-refractivity contribution in [2.45, 2.75) is 115 Å². The van der Waals surface area contributed by atoms with E-state index in [2.05, 4.69) is 45.4 Å². The third kappa shape index (κ3) is 11.2. The average molecular weight is 1020 g/mol. The number of amides is 8. The Hall–Kier alpha value is -6.78. The van der Waals surface area contributed by atoms with E-state index in [-0.39, 0.29) is 64.3 Å². The largest absolute Gasteiger partial charge is 0.369 e. The van der Waals surface area contributed by atoms with Crippen molar-refractivity contribution in [3.63, 3.8) is 0 Å². The van der Waals surface area contributed by atoms with Crippen LogP contribution in [-0.2, 0) is 50.6 Å². The Morgan fingerprint density at radius 1 is 0.521 bits per heavy atom. The first-order chi connectivity index (χ1) is 33.9. The Morgan fingerprint density at radius 2 is 0.958 bits per heavy atom. The van der Waals surface area contributed by atoms with Crippen LogP contribution in [0.25, 0.3) is 0 Å². The Kier molecular flexibility index (Phi) is 18.2. The summed E-state index contributed by atoms with van der Waals surface area (Å²) in [6.45, 7) is 20.1. The van der Waals surface area contributed by atoms with Gasteiger partial charge in [-0.25, -0.2) is 25.4 Å². The van der Waals surface area contributed by atoms with Gasteiger partial charge in [0.05, 0.1) is 11.1 Å². The minimum absolute atomic E-state index is 0.00360. The minimum Gasteiger partial charge on any atom is -0.369 e. The molecule has 382 valence electrons. The first kappa shape index (κ1) is 55.2. The van der Waals surface area contributed by atoms with E-state index in [1.165, 1.54) is 30.3 Å². The standard InChI is InChI=1S/C18H22N4O3.C13H12N2O4S.C12H10N2O5S.3C2H6/c1-20-6-8-21(9-7-20)13-2-3-14-12(10-13)11-22(18(14)25)15-4-5-16(23)19-17(15)24;1-8-6-7-10(12(16)14-8)15-13(17)9-4-2-3-5-11(9)20(15,18)19;15-10-6-5-8(11(16)13-10)14-12(17)7-3-1-2-4-9(7)20(14,18)19;3*1-2/h2-3,10,15H,4-9,11H2,1H3,(H,19,23,24);2-5,10H,1,6-7H2,(H,14,16);1-4,8H,5-6H2,(H,13,15,16);3*1-2H3. The maximum Gasteiger partial charge on any atom is 0.269 e. The molecule has 3 atom stereocenters. The summed E-state index contributed by atoms with van der Waals surface area (Å²) in [6.07, 6.45) is 1.39. The number of carbonyl (C=O) groups excluding carboxylic acids is 8. The lowest BCUT2D eigenvalue weighted by Gasteiger charge is -2.34. The van der Waals surface area contributed by atoms with E-state index in [4.69, 9.17) is 0 Å². The van der Waals surface area contributed by atoms with Crippen LogP contribution in [0, 0.1) is 0 Å². The molecule has 0 radical (unpaired) electrons. The van der Waals surface area contributed by atoms with Crippen molar-refractivity contribution in [3.05, 3.63) is 101 Å². The second kappa shape index (κ2) is 23.4. The zero-order valence-electron chi connectivity index (χ0n) is 41.0. The fourth-order valence-electron chi connectivity index (χ4n) is 8.74. The maximum absolute atomic E-state index is 12.7. The van der Waals surface area contributed by atoms with Crippen LogP contribution in [-0.4, -0.2) is 134 Å². The SMILES string of the molecule is C=C1CCC(N2C(=O)c3ccccc3S2(=O)=O)C(=O)N1.CC.CC.CC.CN1CCN(c2ccc3c(c2)CN(C2CCC(=O)NC2=O)C3=O)CC1.O=C1CCC(N2C(=O)c3ccccc3S2(=O)=O)C(=O)N1. The average Bonchev–Trinajstić information content (AvgIpc) is 3.87. The number of hydrogen-bond donors (Lipinski definition) is 3. The van der Waals surface area contributed by atoms with Crippen LogP contribution in [0.2, 0.25) is 0 Å². The van der Waals surface area contributed by atoms with Gasteiger partial charge in [-0.1, -0.05) is 72.4 Å². The van der Waals surface area contributed by atoms with Crippen molar-refractivity contribution in [2.75, 3.05) is 38.1 Å². The number of allylic oxidation sites excluding steroid dienone is 1. The van der Waals surface area contributed by atoms with Gasteiger partial charge in [0.2, 0.25) is 23.6 Å². The fourth-order valence-corrected chi connectivity index (χ4v) is 12.2. The van der Waals surface area contributed by atoms with Crippen LogP contribution < -0.4 is 20.9 Å². The number of nitrogens with one attached hydrogen (secondary N) is 3. The molecule has 0 spiro atoms. The molecule has 3 aromatic rings. The molecule has 22 heteroatoms. The first-order valence-electron chi connectivity index (χ1n) is 23.8. The van der Waals surface area contributed by atoms with Gasteiger partial charge in [-0.15, -0.1) is 0 Å². The zero-order chi connectivity index (χ0) is 52.5. The third-order valence-corrected chi connectivity index (χ3v) is 15.9. The summed E-state index contributed by atoms with van der Waals surface area (Å²) in [7, 11) is -5.86. The fraction of sp³-hybridized carbons (Fsp3) is 0.429. The monoisotopic (exact) mass is 1020 g/mol. The van der Waals surface area contributed by atoms with E-state index in [9.17, 15) is 55.2 Å². The molecule has 0 aliphatic carbocycles. The van der Waals surface area contributed by atoms with E-state index in [1.807, 2.05) is 53.7 Å². The molecule has 4 fully saturated rings. The number of nitrogens with zero attached hydrogens (tertiary/aromatic N) is 5. The number of hydrogen-bond acceptors (Lipinski definition) is 14. The molecule has 7 heterocycles. The number of fused-ring (bicyclic) bond motifs is 3. The summed E-state index contributed by atoms with van der Waals surface area (Å²) in [4.78, 5) is 102. The van der Waals surface area contributed by atoms with Gasteiger partial charge in [0.1, 0.15) is 27.9 Å². The van der Waals surface area contributed by atoms with Crippen LogP contribution in [0.5, 0.6) is 0 Å². The van der Waals surface area contributed by atoms with Crippen molar-refractivity contribution in [1.29, 1.82) is 0 Å². The molecular formula is C49H62N8O12S2. The molecule has 4 saturated heterocycles. The van der Waals surface area contributed by atoms with Gasteiger partial charge in [0.25, 0.3) is 43.7 Å². The Morgan fingerprint density at radius 3 is 1.41 bits per heavy atom. The summed E-state index contributed by atoms with van der Waals surface area (Å²) in [5, 5.41) is 6.89. The van der Waals surface area contributed by atoms with Gasteiger partial charge >= 0.3 is 0 Å². The normalized spacial score (nSPS) is 22.7. The Bertz CT molecular complexity index is 2700. The van der Waals surface area contributed by atoms with Crippen molar-refractivity contribution < 1.29 is 55.2 Å². The highest BCUT2D eigenvalue weighted by atomic mass is 32.2. The molecule has 3 unspecified atom stereocenters. The topological polar surface area (TPSA) is 257 Å². The molecule has 71 heavy (non-hydrogen) atoms. The van der Waals surface area contributed by atoms with Crippen molar-refractivity contribution in [1.82, 2.24) is 34.4 Å². The van der Waals surface area contributed by atoms with E-state index >= 15 is 0 Å². The molecule has 3 aromatic carbocycles. The first-order valence-corrected chi connectivity index (χ1v) is 26.7. The maximum atomic E-state index is 12.7. The Balaban J connectivity index is 0.000000189. The highest BCUT2D eigenvalue weighted by Crippen LogP contribution is 2.36. The highest BCUT2D eigenvalue weighted by Gasteiger charge is 2.50. The predicted molar refractivity (Wildman–Crippen MR) is 262 cm³/mol. The lowest BCUT2D eigenvalue weighted by molar-refractivity contribution is -0.137. The van der Waals surface area contributed by atoms with E-state index < -0.39 is 67.7 Å². The van der Waals surface area contributed by atoms with Crippen LogP contribution >= 0.6 is 0 Å². The van der Waals surface area contributed by atoms with Crippen molar-refractivity contribution in [2.24, 2.45) is 0 Å². The van der Waals surface area contributed by atoms with Crippen molar-refractivity contribution in [3.8, 4) is 0 Å². The highest BCUT2D eigenvalue weighted by molar-refractivity contribution is 7.90. The van der Waals surface area contributed by atoms with Crippen molar-refractivity contribution >= 4 is 73.0 Å². The van der Waals surface area contributed by atoms with Gasteiger partial charge < -0.3 is 20.0 Å². The molecule has 10 rings (SSSR count). The van der Waals surface area contributed by atoms with Crippen LogP contribution in [0.15, 0.2) is 88.8 Å². The number of piperidine rings is 3. The second-order valence-electron chi connectivity index (χ2n) is 16.4. The minimum atomic E-state index is -4.03. The number of rotatable bonds is 4. The number of likely N-dealkylation sites (N-methyl/N-ethyl adjacent to an activating group) is 1. The van der Waals surface area contributed by atoms with Gasteiger partial charge in [0, 0.05) is 62.5 Å². The van der Waals surface area contributed by atoms with Crippen LogP contribution in [0.1, 0.15) is 117 Å². The second-order valence-corrected chi connectivity index (χ2v) is 19.9. The van der Waals surface area contributed by atoms with E-state index in [0.717, 1.165) is 37.4 Å². The van der Waals surface area contributed by atoms with Gasteiger partial charge in [-0.2, -0.15) is 0 Å². The molecule has 7 aliphatic rings. The van der Waals surface area contributed by atoms with Gasteiger partial charge in [-0.3, -0.25) is 49.0 Å². The molecule has 20 nitrogen and oxygen atoms in total. The quantitative estimate of drug-likeness (QED) is 0.316. The lowest BCUT2D eigenvalue weighted by Crippen LogP contribution is -2.54. The smallest absolute Gasteiger partial charge is 0.269 e. The van der Waals surface area contributed by atoms with Crippen LogP contribution in [0.3, 0.4) is 0 Å². The predicted octanol–water partition coefficient (Wildman–Crippen LogP) is 3.54. The number of benzene rings is 3.